The van der Waals surface area contributed by atoms with Gasteiger partial charge in [-0.25, -0.2) is 9.18 Å². The molecule has 0 radical (unpaired) electrons. The van der Waals surface area contributed by atoms with Crippen LogP contribution in [0.3, 0.4) is 0 Å². The summed E-state index contributed by atoms with van der Waals surface area (Å²) in [7, 11) is 1.51. The molecule has 39 heavy (non-hydrogen) atoms. The number of benzene rings is 2. The molecule has 2 aromatic rings. The lowest BCUT2D eigenvalue weighted by Gasteiger charge is -2.62. The minimum absolute atomic E-state index is 0.214. The zero-order valence-electron chi connectivity index (χ0n) is 21.4. The Kier molecular flexibility index (Phi) is 4.37. The highest BCUT2D eigenvalue weighted by Crippen LogP contribution is 2.68. The van der Waals surface area contributed by atoms with Crippen LogP contribution in [0.1, 0.15) is 57.5 Å². The number of ether oxygens (including phenoxy) is 2. The molecular weight excluding hydrogens is 503 g/mol. The molecule has 0 unspecified atom stereocenters. The van der Waals surface area contributed by atoms with Gasteiger partial charge in [0, 0.05) is 30.6 Å². The van der Waals surface area contributed by atoms with Gasteiger partial charge in [0.05, 0.1) is 29.7 Å². The summed E-state index contributed by atoms with van der Waals surface area (Å²) in [5, 5.41) is 10.9. The highest BCUT2D eigenvalue weighted by atomic mass is 19.1. The standard InChI is InChI=1S/C30H27FN2O6/c1-38-20-10-8-16-12-29(28(36)37)21-11-9-19(33-26(34)17-4-2-3-5-18(17)27(33)35)25-30(21,23(16)24(20)39-25)22(31)14-32(29)13-15-6-7-15/h2-5,8,10,14-15,19,21,25H,6-7,9,11-13H2,1H3,(H,36,37)/t19-,21-,25+,29-,30-/m1/s1. The van der Waals surface area contributed by atoms with Crippen LogP contribution in [0.15, 0.2) is 48.4 Å². The molecule has 3 aliphatic carbocycles. The number of nitrogens with zero attached hydrogens (tertiary/aromatic N) is 2. The van der Waals surface area contributed by atoms with E-state index in [0.717, 1.165) is 12.8 Å². The summed E-state index contributed by atoms with van der Waals surface area (Å²) in [5.74, 6) is -1.81. The van der Waals surface area contributed by atoms with E-state index in [-0.39, 0.29) is 6.42 Å². The molecular formula is C30H27FN2O6. The van der Waals surface area contributed by atoms with E-state index in [0.29, 0.717) is 59.1 Å². The Hall–Kier alpha value is -3.88. The van der Waals surface area contributed by atoms with Gasteiger partial charge in [0.25, 0.3) is 11.8 Å². The van der Waals surface area contributed by atoms with Crippen LogP contribution in [0.4, 0.5) is 4.39 Å². The van der Waals surface area contributed by atoms with Gasteiger partial charge < -0.3 is 19.5 Å². The summed E-state index contributed by atoms with van der Waals surface area (Å²) in [6.07, 6.45) is 3.26. The van der Waals surface area contributed by atoms with Crippen molar-refractivity contribution in [1.29, 1.82) is 0 Å². The van der Waals surface area contributed by atoms with E-state index < -0.39 is 52.6 Å². The molecule has 8 nitrogen and oxygen atoms in total. The van der Waals surface area contributed by atoms with E-state index >= 15 is 4.39 Å². The molecule has 2 amide bonds. The second-order valence-electron chi connectivity index (χ2n) is 11.7. The van der Waals surface area contributed by atoms with Crippen LogP contribution < -0.4 is 9.47 Å². The molecule has 8 rings (SSSR count). The van der Waals surface area contributed by atoms with E-state index in [9.17, 15) is 19.5 Å². The highest BCUT2D eigenvalue weighted by Gasteiger charge is 2.75. The SMILES string of the molecule is COc1ccc2c3c1O[C@H]1[C@H](N4C(=O)c5ccccc5C4=O)CC[C@H]4[C@@]31C(F)=CN(CC1CC1)[C@]4(C(=O)O)C2. The van der Waals surface area contributed by atoms with Crippen LogP contribution in [0, 0.1) is 11.8 Å². The van der Waals surface area contributed by atoms with Gasteiger partial charge in [-0.2, -0.15) is 0 Å². The number of methoxy groups -OCH3 is 1. The number of fused-ring (bicyclic) bond motifs is 1. The Balaban J connectivity index is 1.36. The van der Waals surface area contributed by atoms with Crippen molar-refractivity contribution in [3.8, 4) is 11.5 Å². The minimum atomic E-state index is -1.45. The van der Waals surface area contributed by atoms with Crippen molar-refractivity contribution in [2.75, 3.05) is 13.7 Å². The number of rotatable bonds is 5. The maximum absolute atomic E-state index is 17.0. The number of carbonyl (C=O) groups is 3. The van der Waals surface area contributed by atoms with Crippen molar-refractivity contribution in [3.05, 3.63) is 70.7 Å². The number of halogens is 1. The third-order valence-corrected chi connectivity index (χ3v) is 10.1. The average molecular weight is 531 g/mol. The number of hydrogen-bond donors (Lipinski definition) is 1. The smallest absolute Gasteiger partial charge is 0.330 e. The molecule has 0 saturated heterocycles. The summed E-state index contributed by atoms with van der Waals surface area (Å²) in [6, 6.07) is 9.44. The molecule has 2 bridgehead atoms. The lowest BCUT2D eigenvalue weighted by molar-refractivity contribution is -0.165. The zero-order chi connectivity index (χ0) is 26.8. The molecule has 5 atom stereocenters. The predicted octanol–water partition coefficient (Wildman–Crippen LogP) is 3.68. The number of carboxylic acids is 1. The summed E-state index contributed by atoms with van der Waals surface area (Å²) in [6.45, 7) is 0.484. The van der Waals surface area contributed by atoms with Crippen molar-refractivity contribution in [2.45, 2.75) is 55.2 Å². The number of amides is 2. The van der Waals surface area contributed by atoms with Crippen molar-refractivity contribution in [3.63, 3.8) is 0 Å². The first-order valence-corrected chi connectivity index (χ1v) is 13.6. The fraction of sp³-hybridized carbons (Fsp3) is 0.433. The summed E-state index contributed by atoms with van der Waals surface area (Å²) >= 11 is 0. The molecule has 2 saturated carbocycles. The third-order valence-electron chi connectivity index (χ3n) is 10.1. The summed E-state index contributed by atoms with van der Waals surface area (Å²) < 4.78 is 29.2. The van der Waals surface area contributed by atoms with Gasteiger partial charge in [0.1, 0.15) is 17.5 Å². The Morgan fingerprint density at radius 3 is 2.46 bits per heavy atom. The molecule has 6 aliphatic rings. The van der Waals surface area contributed by atoms with Gasteiger partial charge >= 0.3 is 5.97 Å². The van der Waals surface area contributed by atoms with Crippen molar-refractivity contribution in [2.24, 2.45) is 11.8 Å². The fourth-order valence-corrected chi connectivity index (χ4v) is 8.34. The summed E-state index contributed by atoms with van der Waals surface area (Å²) in [4.78, 5) is 43.4. The number of carboxylic acid groups (broad SMARTS) is 1. The molecule has 0 aromatic heterocycles. The van der Waals surface area contributed by atoms with Crippen LogP contribution in [0.5, 0.6) is 11.5 Å². The molecule has 1 N–H and O–H groups in total. The average Bonchev–Trinajstić information content (AvgIpc) is 3.62. The molecule has 1 spiro atoms. The molecule has 9 heteroatoms. The van der Waals surface area contributed by atoms with Crippen molar-refractivity contribution in [1.82, 2.24) is 9.80 Å². The Labute approximate surface area is 224 Å². The van der Waals surface area contributed by atoms with Gasteiger partial charge in [-0.15, -0.1) is 0 Å². The first kappa shape index (κ1) is 23.0. The highest BCUT2D eigenvalue weighted by molar-refractivity contribution is 6.21. The minimum Gasteiger partial charge on any atom is -0.493 e. The number of carbonyl (C=O) groups excluding carboxylic acids is 2. The van der Waals surface area contributed by atoms with Crippen LogP contribution in [0.2, 0.25) is 0 Å². The predicted molar refractivity (Wildman–Crippen MR) is 135 cm³/mol. The van der Waals surface area contributed by atoms with E-state index in [1.165, 1.54) is 18.2 Å². The first-order chi connectivity index (χ1) is 18.8. The Bertz CT molecular complexity index is 1500. The number of aliphatic carboxylic acids is 1. The van der Waals surface area contributed by atoms with Gasteiger partial charge in [0.15, 0.2) is 11.5 Å². The molecule has 2 aromatic carbocycles. The first-order valence-electron chi connectivity index (χ1n) is 13.6. The summed E-state index contributed by atoms with van der Waals surface area (Å²) in [5.41, 5.74) is -0.873. The lowest BCUT2D eigenvalue weighted by Crippen LogP contribution is -2.74. The third kappa shape index (κ3) is 2.57. The molecule has 200 valence electrons. The normalized spacial score (nSPS) is 33.4. The van der Waals surface area contributed by atoms with Crippen LogP contribution >= 0.6 is 0 Å². The monoisotopic (exact) mass is 530 g/mol. The van der Waals surface area contributed by atoms with Crippen LogP contribution in [0.25, 0.3) is 0 Å². The van der Waals surface area contributed by atoms with E-state index in [1.54, 1.807) is 35.2 Å². The lowest BCUT2D eigenvalue weighted by atomic mass is 9.47. The van der Waals surface area contributed by atoms with E-state index in [1.807, 2.05) is 6.07 Å². The Morgan fingerprint density at radius 2 is 1.82 bits per heavy atom. The maximum atomic E-state index is 17.0. The fourth-order valence-electron chi connectivity index (χ4n) is 8.34. The zero-order valence-corrected chi connectivity index (χ0v) is 21.4. The largest absolute Gasteiger partial charge is 0.493 e. The van der Waals surface area contributed by atoms with Crippen molar-refractivity contribution < 1.29 is 33.4 Å². The number of hydrogen-bond acceptors (Lipinski definition) is 6. The van der Waals surface area contributed by atoms with Gasteiger partial charge in [-0.1, -0.05) is 18.2 Å². The molecule has 2 fully saturated rings. The van der Waals surface area contributed by atoms with Gasteiger partial charge in [0.2, 0.25) is 0 Å². The quantitative estimate of drug-likeness (QED) is 0.589. The Morgan fingerprint density at radius 1 is 1.10 bits per heavy atom. The van der Waals surface area contributed by atoms with Crippen molar-refractivity contribution >= 4 is 17.8 Å². The van der Waals surface area contributed by atoms with Crippen LogP contribution in [-0.2, 0) is 16.6 Å². The second-order valence-corrected chi connectivity index (χ2v) is 11.7. The number of imide groups is 1. The molecule has 3 heterocycles. The van der Waals surface area contributed by atoms with Gasteiger partial charge in [-0.3, -0.25) is 14.5 Å². The van der Waals surface area contributed by atoms with E-state index in [2.05, 4.69) is 0 Å². The topological polar surface area (TPSA) is 96.4 Å². The van der Waals surface area contributed by atoms with Gasteiger partial charge in [-0.05, 0) is 55.4 Å². The van der Waals surface area contributed by atoms with Crippen LogP contribution in [-0.4, -0.2) is 64.0 Å². The van der Waals surface area contributed by atoms with E-state index in [4.69, 9.17) is 9.47 Å². The molecule has 3 aliphatic heterocycles. The second kappa shape index (κ2) is 7.40. The maximum Gasteiger partial charge on any atom is 0.330 e.